The van der Waals surface area contributed by atoms with Crippen molar-refractivity contribution < 1.29 is 20.4 Å². The van der Waals surface area contributed by atoms with Crippen LogP contribution in [0.15, 0.2) is 82.8 Å². The standard InChI is InChI=1S/C30H30N2O4/c1-19(17-33)31-15-24-13-22(9-11-28(24)35)26-7-3-5-21-6-4-8-27(30(21)26)23-10-12-29(36)25(14-23)16-32-20(2)18-34/h3-16,19-20,33-36H,17-18H2,1-2H3/t19-,20-/m0/s1. The fourth-order valence-corrected chi connectivity index (χ4v) is 3.98. The summed E-state index contributed by atoms with van der Waals surface area (Å²) in [6, 6.07) is 22.5. The highest BCUT2D eigenvalue weighted by atomic mass is 16.3. The van der Waals surface area contributed by atoms with E-state index >= 15 is 0 Å². The van der Waals surface area contributed by atoms with Gasteiger partial charge in [0.05, 0.1) is 25.3 Å². The van der Waals surface area contributed by atoms with E-state index < -0.39 is 0 Å². The molecule has 4 aromatic carbocycles. The SMILES string of the molecule is C[C@@H](CO)N=Cc1cc(-c2cccc3cccc(-c4ccc(O)c(C=N[C@@H](C)CO)c4)c23)ccc1O. The molecule has 0 aliphatic rings. The van der Waals surface area contributed by atoms with Crippen LogP contribution in [0.2, 0.25) is 0 Å². The highest BCUT2D eigenvalue weighted by Gasteiger charge is 2.13. The van der Waals surface area contributed by atoms with Crippen LogP contribution >= 0.6 is 0 Å². The Morgan fingerprint density at radius 1 is 0.667 bits per heavy atom. The Morgan fingerprint density at radius 3 is 1.53 bits per heavy atom. The van der Waals surface area contributed by atoms with E-state index in [-0.39, 0.29) is 36.8 Å². The molecule has 0 fully saturated rings. The number of hydrogen-bond donors (Lipinski definition) is 4. The highest BCUT2D eigenvalue weighted by molar-refractivity contribution is 6.07. The summed E-state index contributed by atoms with van der Waals surface area (Å²) < 4.78 is 0. The summed E-state index contributed by atoms with van der Waals surface area (Å²) >= 11 is 0. The minimum absolute atomic E-state index is 0.0676. The average Bonchev–Trinajstić information content (AvgIpc) is 2.91. The molecule has 4 N–H and O–H groups in total. The molecule has 0 radical (unpaired) electrons. The van der Waals surface area contributed by atoms with Crippen LogP contribution in [0.5, 0.6) is 11.5 Å². The molecule has 0 aliphatic carbocycles. The largest absolute Gasteiger partial charge is 0.507 e. The minimum atomic E-state index is -0.259. The van der Waals surface area contributed by atoms with Gasteiger partial charge in [-0.1, -0.05) is 48.5 Å². The predicted molar refractivity (Wildman–Crippen MR) is 146 cm³/mol. The van der Waals surface area contributed by atoms with Gasteiger partial charge < -0.3 is 20.4 Å². The first-order valence-corrected chi connectivity index (χ1v) is 11.9. The highest BCUT2D eigenvalue weighted by Crippen LogP contribution is 2.38. The lowest BCUT2D eigenvalue weighted by molar-refractivity contribution is 0.274. The first kappa shape index (κ1) is 25.1. The fourth-order valence-electron chi connectivity index (χ4n) is 3.98. The van der Waals surface area contributed by atoms with Gasteiger partial charge in [-0.3, -0.25) is 9.98 Å². The Morgan fingerprint density at radius 2 is 1.11 bits per heavy atom. The number of benzene rings is 4. The fraction of sp³-hybridized carbons (Fsp3) is 0.200. The van der Waals surface area contributed by atoms with Crippen LogP contribution in [0, 0.1) is 0 Å². The average molecular weight is 483 g/mol. The molecule has 4 aromatic rings. The van der Waals surface area contributed by atoms with Crippen molar-refractivity contribution in [3.63, 3.8) is 0 Å². The molecule has 0 unspecified atom stereocenters. The van der Waals surface area contributed by atoms with Gasteiger partial charge in [0.1, 0.15) is 11.5 Å². The molecule has 6 heteroatoms. The number of aliphatic hydroxyl groups is 2. The molecule has 0 aromatic heterocycles. The van der Waals surface area contributed by atoms with Crippen molar-refractivity contribution >= 4 is 23.2 Å². The molecule has 2 atom stereocenters. The van der Waals surface area contributed by atoms with Crippen molar-refractivity contribution in [1.82, 2.24) is 0 Å². The molecule has 36 heavy (non-hydrogen) atoms. The first-order chi connectivity index (χ1) is 17.4. The molecule has 6 nitrogen and oxygen atoms in total. The van der Waals surface area contributed by atoms with E-state index in [2.05, 4.69) is 22.1 Å². The van der Waals surface area contributed by atoms with E-state index in [9.17, 15) is 20.4 Å². The zero-order valence-electron chi connectivity index (χ0n) is 20.3. The van der Waals surface area contributed by atoms with Crippen molar-refractivity contribution in [1.29, 1.82) is 0 Å². The summed E-state index contributed by atoms with van der Waals surface area (Å²) in [5.74, 6) is 0.236. The van der Waals surface area contributed by atoms with Crippen LogP contribution in [0.25, 0.3) is 33.0 Å². The van der Waals surface area contributed by atoms with E-state index in [0.717, 1.165) is 33.0 Å². The second-order valence-electron chi connectivity index (χ2n) is 8.88. The molecule has 184 valence electrons. The third-order valence-electron chi connectivity index (χ3n) is 6.05. The molecule has 0 saturated carbocycles. The van der Waals surface area contributed by atoms with Crippen LogP contribution in [0.1, 0.15) is 25.0 Å². The van der Waals surface area contributed by atoms with Crippen molar-refractivity contribution in [2.24, 2.45) is 9.98 Å². The summed E-state index contributed by atoms with van der Waals surface area (Å²) in [7, 11) is 0. The van der Waals surface area contributed by atoms with Gasteiger partial charge in [0.25, 0.3) is 0 Å². The van der Waals surface area contributed by atoms with E-state index in [1.54, 1.807) is 38.4 Å². The lowest BCUT2D eigenvalue weighted by atomic mass is 9.90. The predicted octanol–water partition coefficient (Wildman–Crippen LogP) is 5.18. The summed E-state index contributed by atoms with van der Waals surface area (Å²) in [5, 5.41) is 41.4. The van der Waals surface area contributed by atoms with Crippen LogP contribution in [0.3, 0.4) is 0 Å². The van der Waals surface area contributed by atoms with E-state index in [1.165, 1.54) is 0 Å². The smallest absolute Gasteiger partial charge is 0.124 e. The zero-order chi connectivity index (χ0) is 25.7. The molecular weight excluding hydrogens is 452 g/mol. The van der Waals surface area contributed by atoms with E-state index in [0.29, 0.717) is 11.1 Å². The minimum Gasteiger partial charge on any atom is -0.507 e. The van der Waals surface area contributed by atoms with Crippen LogP contribution in [-0.2, 0) is 0 Å². The maximum absolute atomic E-state index is 10.4. The van der Waals surface area contributed by atoms with Gasteiger partial charge in [-0.25, -0.2) is 0 Å². The maximum atomic E-state index is 10.4. The van der Waals surface area contributed by atoms with Crippen LogP contribution in [-0.4, -0.2) is 58.2 Å². The molecule has 0 amide bonds. The number of rotatable bonds is 8. The van der Waals surface area contributed by atoms with Gasteiger partial charge in [-0.05, 0) is 71.1 Å². The number of fused-ring (bicyclic) bond motifs is 1. The van der Waals surface area contributed by atoms with Crippen molar-refractivity contribution in [3.8, 4) is 33.8 Å². The Kier molecular flexibility index (Phi) is 7.78. The van der Waals surface area contributed by atoms with E-state index in [4.69, 9.17) is 0 Å². The van der Waals surface area contributed by atoms with Gasteiger partial charge in [0.2, 0.25) is 0 Å². The molecule has 0 aliphatic heterocycles. The number of hydrogen-bond acceptors (Lipinski definition) is 6. The summed E-state index contributed by atoms with van der Waals surface area (Å²) in [6.07, 6.45) is 3.18. The number of phenolic OH excluding ortho intramolecular Hbond substituents is 2. The molecule has 0 bridgehead atoms. The number of nitrogens with zero attached hydrogens (tertiary/aromatic N) is 2. The number of aliphatic imine (C=N–C) groups is 2. The quantitative estimate of drug-likeness (QED) is 0.260. The zero-order valence-corrected chi connectivity index (χ0v) is 20.3. The van der Waals surface area contributed by atoms with Gasteiger partial charge in [0.15, 0.2) is 0 Å². The maximum Gasteiger partial charge on any atom is 0.124 e. The van der Waals surface area contributed by atoms with Crippen LogP contribution in [0.4, 0.5) is 0 Å². The summed E-state index contributed by atoms with van der Waals surface area (Å²) in [5.41, 5.74) is 4.96. The second-order valence-corrected chi connectivity index (χ2v) is 8.88. The van der Waals surface area contributed by atoms with Gasteiger partial charge in [-0.2, -0.15) is 0 Å². The second kappa shape index (κ2) is 11.2. The van der Waals surface area contributed by atoms with Crippen molar-refractivity contribution in [2.75, 3.05) is 13.2 Å². The third-order valence-corrected chi connectivity index (χ3v) is 6.05. The van der Waals surface area contributed by atoms with Crippen LogP contribution < -0.4 is 0 Å². The first-order valence-electron chi connectivity index (χ1n) is 11.9. The van der Waals surface area contributed by atoms with Gasteiger partial charge >= 0.3 is 0 Å². The number of phenols is 2. The van der Waals surface area contributed by atoms with E-state index in [1.807, 2.05) is 48.5 Å². The molecule has 4 rings (SSSR count). The van der Waals surface area contributed by atoms with Gasteiger partial charge in [0, 0.05) is 23.6 Å². The lowest BCUT2D eigenvalue weighted by Crippen LogP contribution is -2.04. The summed E-state index contributed by atoms with van der Waals surface area (Å²) in [4.78, 5) is 8.61. The van der Waals surface area contributed by atoms with Gasteiger partial charge in [-0.15, -0.1) is 0 Å². The molecule has 0 heterocycles. The Labute approximate surface area is 210 Å². The topological polar surface area (TPSA) is 106 Å². The number of aliphatic hydroxyl groups excluding tert-OH is 2. The molecule has 0 spiro atoms. The Hall–Kier alpha value is -4.00. The summed E-state index contributed by atoms with van der Waals surface area (Å²) in [6.45, 7) is 3.47. The normalized spacial score (nSPS) is 13.6. The monoisotopic (exact) mass is 482 g/mol. The van der Waals surface area contributed by atoms with Crippen molar-refractivity contribution in [3.05, 3.63) is 83.9 Å². The lowest BCUT2D eigenvalue weighted by Gasteiger charge is -2.14. The molecule has 0 saturated heterocycles. The number of aromatic hydroxyl groups is 2. The molecular formula is C30H30N2O4. The van der Waals surface area contributed by atoms with Crippen molar-refractivity contribution in [2.45, 2.75) is 25.9 Å². The Bertz CT molecular complexity index is 1320. The third kappa shape index (κ3) is 5.46. The Balaban J connectivity index is 1.86.